The van der Waals surface area contributed by atoms with Crippen molar-refractivity contribution in [1.29, 1.82) is 5.26 Å². The van der Waals surface area contributed by atoms with Crippen molar-refractivity contribution in [2.45, 2.75) is 18.4 Å². The van der Waals surface area contributed by atoms with Gasteiger partial charge in [0, 0.05) is 12.2 Å². The fraction of sp³-hybridized carbons (Fsp3) is 0.385. The number of benzene rings is 1. The van der Waals surface area contributed by atoms with E-state index in [9.17, 15) is 9.90 Å². The van der Waals surface area contributed by atoms with Gasteiger partial charge in [-0.1, -0.05) is 0 Å². The molecule has 5 heteroatoms. The molecule has 0 aromatic heterocycles. The molecule has 0 aliphatic carbocycles. The molecule has 0 radical (unpaired) electrons. The number of hydrogen-bond donors (Lipinski definition) is 2. The normalized spacial score (nSPS) is 23.4. The molecule has 5 nitrogen and oxygen atoms in total. The Labute approximate surface area is 105 Å². The van der Waals surface area contributed by atoms with Gasteiger partial charge < -0.3 is 15.7 Å². The Morgan fingerprint density at radius 2 is 2.11 bits per heavy atom. The smallest absolute Gasteiger partial charge is 0.251 e. The van der Waals surface area contributed by atoms with Crippen molar-refractivity contribution in [3.63, 3.8) is 0 Å². The number of nitrogens with two attached hydrogens (primary N) is 1. The number of carbonyl (C=O) groups is 1. The molecule has 0 unspecified atom stereocenters. The molecule has 1 saturated heterocycles. The van der Waals surface area contributed by atoms with Gasteiger partial charge in [-0.05, 0) is 37.1 Å². The van der Waals surface area contributed by atoms with Gasteiger partial charge in [-0.25, -0.2) is 0 Å². The highest BCUT2D eigenvalue weighted by molar-refractivity contribution is 5.84. The number of primary amides is 1. The van der Waals surface area contributed by atoms with Gasteiger partial charge in [-0.3, -0.25) is 4.79 Å². The van der Waals surface area contributed by atoms with Crippen molar-refractivity contribution >= 4 is 11.6 Å². The van der Waals surface area contributed by atoms with Gasteiger partial charge in [-0.2, -0.15) is 5.26 Å². The number of carbonyl (C=O) groups excluding carboxylic acids is 1. The summed E-state index contributed by atoms with van der Waals surface area (Å²) in [5, 5.41) is 18.8. The third-order valence-corrected chi connectivity index (χ3v) is 3.29. The average Bonchev–Trinajstić information content (AvgIpc) is 2.39. The van der Waals surface area contributed by atoms with Crippen LogP contribution >= 0.6 is 0 Å². The molecule has 0 saturated carbocycles. The number of piperidine rings is 1. The van der Waals surface area contributed by atoms with Gasteiger partial charge in [0.2, 0.25) is 0 Å². The lowest BCUT2D eigenvalue weighted by Crippen LogP contribution is -2.56. The van der Waals surface area contributed by atoms with Crippen LogP contribution in [0.5, 0.6) is 0 Å². The lowest BCUT2D eigenvalue weighted by atomic mass is 9.92. The van der Waals surface area contributed by atoms with Crippen molar-refractivity contribution in [2.24, 2.45) is 5.73 Å². The Balaban J connectivity index is 2.18. The molecule has 0 spiro atoms. The van der Waals surface area contributed by atoms with E-state index in [0.717, 1.165) is 12.2 Å². The second-order valence-corrected chi connectivity index (χ2v) is 4.58. The van der Waals surface area contributed by atoms with Crippen LogP contribution in [0, 0.1) is 11.3 Å². The Hall–Kier alpha value is -2.06. The van der Waals surface area contributed by atoms with Crippen molar-refractivity contribution < 1.29 is 9.90 Å². The topological polar surface area (TPSA) is 90.3 Å². The summed E-state index contributed by atoms with van der Waals surface area (Å²) >= 11 is 0. The van der Waals surface area contributed by atoms with E-state index in [1.165, 1.54) is 0 Å². The largest absolute Gasteiger partial charge is 0.378 e. The number of anilines is 1. The first kappa shape index (κ1) is 12.4. The van der Waals surface area contributed by atoms with Gasteiger partial charge in [-0.15, -0.1) is 0 Å². The Bertz CT molecular complexity index is 492. The molecule has 1 aliphatic rings. The predicted molar refractivity (Wildman–Crippen MR) is 66.7 cm³/mol. The summed E-state index contributed by atoms with van der Waals surface area (Å²) in [7, 11) is 0. The van der Waals surface area contributed by atoms with Crippen LogP contribution in [0.15, 0.2) is 24.3 Å². The molecular formula is C13H15N3O2. The van der Waals surface area contributed by atoms with Crippen molar-refractivity contribution in [2.75, 3.05) is 18.0 Å². The minimum atomic E-state index is -1.45. The van der Waals surface area contributed by atoms with E-state index in [4.69, 9.17) is 11.0 Å². The number of amides is 1. The Kier molecular flexibility index (Phi) is 3.21. The van der Waals surface area contributed by atoms with Crippen LogP contribution in [0.2, 0.25) is 0 Å². The first-order valence-electron chi connectivity index (χ1n) is 5.82. The minimum absolute atomic E-state index is 0.203. The molecule has 1 amide bonds. The number of β-amino-alcohol motifs (C(OH)–C–C–N with tert-alkyl or cyclic N) is 1. The molecule has 1 aromatic rings. The van der Waals surface area contributed by atoms with Crippen LogP contribution in [-0.4, -0.2) is 29.7 Å². The summed E-state index contributed by atoms with van der Waals surface area (Å²) < 4.78 is 0. The molecule has 2 rings (SSSR count). The third kappa shape index (κ3) is 2.29. The van der Waals surface area contributed by atoms with E-state index in [-0.39, 0.29) is 6.54 Å². The predicted octanol–water partition coefficient (Wildman–Crippen LogP) is 0.375. The van der Waals surface area contributed by atoms with Gasteiger partial charge in [0.25, 0.3) is 5.91 Å². The van der Waals surface area contributed by atoms with E-state index in [1.807, 2.05) is 23.1 Å². The summed E-state index contributed by atoms with van der Waals surface area (Å²) in [5.74, 6) is -0.680. The van der Waals surface area contributed by atoms with E-state index in [2.05, 4.69) is 0 Å². The maximum atomic E-state index is 11.3. The van der Waals surface area contributed by atoms with E-state index < -0.39 is 11.5 Å². The van der Waals surface area contributed by atoms with Gasteiger partial charge in [0.15, 0.2) is 5.60 Å². The summed E-state index contributed by atoms with van der Waals surface area (Å²) in [4.78, 5) is 13.2. The van der Waals surface area contributed by atoms with Crippen LogP contribution in [-0.2, 0) is 4.79 Å². The first-order chi connectivity index (χ1) is 8.55. The fourth-order valence-electron chi connectivity index (χ4n) is 2.20. The SMILES string of the molecule is N#Cc1ccc(N2CCC[C@@](O)(C(N)=O)C2)cc1. The molecular weight excluding hydrogens is 230 g/mol. The summed E-state index contributed by atoms with van der Waals surface area (Å²) in [6.45, 7) is 0.968. The Morgan fingerprint density at radius 1 is 1.44 bits per heavy atom. The number of nitrogens with zero attached hydrogens (tertiary/aromatic N) is 2. The summed E-state index contributed by atoms with van der Waals surface area (Å²) in [6, 6.07) is 9.10. The number of hydrogen-bond acceptors (Lipinski definition) is 4. The zero-order valence-electron chi connectivity index (χ0n) is 9.97. The highest BCUT2D eigenvalue weighted by Crippen LogP contribution is 2.26. The number of aliphatic hydroxyl groups is 1. The molecule has 1 heterocycles. The number of nitriles is 1. The van der Waals surface area contributed by atoms with Crippen LogP contribution in [0.25, 0.3) is 0 Å². The maximum absolute atomic E-state index is 11.3. The fourth-order valence-corrected chi connectivity index (χ4v) is 2.20. The van der Waals surface area contributed by atoms with Crippen LogP contribution < -0.4 is 10.6 Å². The van der Waals surface area contributed by atoms with Crippen LogP contribution in [0.1, 0.15) is 18.4 Å². The molecule has 1 aliphatic heterocycles. The maximum Gasteiger partial charge on any atom is 0.251 e. The van der Waals surface area contributed by atoms with Crippen molar-refractivity contribution in [3.8, 4) is 6.07 Å². The van der Waals surface area contributed by atoms with Crippen molar-refractivity contribution in [3.05, 3.63) is 29.8 Å². The second kappa shape index (κ2) is 4.67. The molecule has 0 bridgehead atoms. The van der Waals surface area contributed by atoms with Crippen molar-refractivity contribution in [1.82, 2.24) is 0 Å². The molecule has 94 valence electrons. The number of rotatable bonds is 2. The van der Waals surface area contributed by atoms with E-state index in [0.29, 0.717) is 18.4 Å². The van der Waals surface area contributed by atoms with Crippen LogP contribution in [0.4, 0.5) is 5.69 Å². The van der Waals surface area contributed by atoms with Gasteiger partial charge in [0.05, 0.1) is 18.2 Å². The molecule has 1 fully saturated rings. The van der Waals surface area contributed by atoms with Crippen LogP contribution in [0.3, 0.4) is 0 Å². The van der Waals surface area contributed by atoms with E-state index >= 15 is 0 Å². The van der Waals surface area contributed by atoms with Gasteiger partial charge >= 0.3 is 0 Å². The van der Waals surface area contributed by atoms with E-state index in [1.54, 1.807) is 12.1 Å². The lowest BCUT2D eigenvalue weighted by Gasteiger charge is -2.38. The summed E-state index contributed by atoms with van der Waals surface area (Å²) in [6.07, 6.45) is 1.11. The molecule has 18 heavy (non-hydrogen) atoms. The zero-order chi connectivity index (χ0) is 13.2. The quantitative estimate of drug-likeness (QED) is 0.787. The average molecular weight is 245 g/mol. The standard InChI is InChI=1S/C13H15N3O2/c14-8-10-2-4-11(5-3-10)16-7-1-6-13(18,9-16)12(15)17/h2-5,18H,1,6-7,9H2,(H2,15,17)/t13-/m0/s1. The lowest BCUT2D eigenvalue weighted by molar-refractivity contribution is -0.137. The first-order valence-corrected chi connectivity index (χ1v) is 5.82. The minimum Gasteiger partial charge on any atom is -0.378 e. The molecule has 1 aromatic carbocycles. The third-order valence-electron chi connectivity index (χ3n) is 3.29. The van der Waals surface area contributed by atoms with Gasteiger partial charge in [0.1, 0.15) is 0 Å². The Morgan fingerprint density at radius 3 is 2.67 bits per heavy atom. The summed E-state index contributed by atoms with van der Waals surface area (Å²) in [5.41, 5.74) is 5.24. The zero-order valence-corrected chi connectivity index (χ0v) is 9.97. The molecule has 3 N–H and O–H groups in total. The highest BCUT2D eigenvalue weighted by Gasteiger charge is 2.38. The second-order valence-electron chi connectivity index (χ2n) is 4.58. The molecule has 1 atom stereocenters. The monoisotopic (exact) mass is 245 g/mol. The highest BCUT2D eigenvalue weighted by atomic mass is 16.3.